The second kappa shape index (κ2) is 9.50. The third kappa shape index (κ3) is 4.36. The normalized spacial score (nSPS) is 12.3. The van der Waals surface area contributed by atoms with Crippen LogP contribution in [0.4, 0.5) is 0 Å². The Hall–Kier alpha value is -4.71. The maximum absolute atomic E-state index is 12.7. The maximum atomic E-state index is 12.7. The molecular formula is C30H24N4O2. The van der Waals surface area contributed by atoms with Crippen LogP contribution in [0, 0.1) is 0 Å². The summed E-state index contributed by atoms with van der Waals surface area (Å²) in [5, 5.41) is 13.9. The molecule has 6 heteroatoms. The van der Waals surface area contributed by atoms with E-state index >= 15 is 0 Å². The third-order valence-electron chi connectivity index (χ3n) is 6.46. The van der Waals surface area contributed by atoms with Gasteiger partial charge in [0.1, 0.15) is 18.1 Å². The summed E-state index contributed by atoms with van der Waals surface area (Å²) in [6.07, 6.45) is 3.74. The quantitative estimate of drug-likeness (QED) is 0.237. The number of rotatable bonds is 7. The molecule has 0 saturated carbocycles. The highest BCUT2D eigenvalue weighted by molar-refractivity contribution is 6.02. The molecule has 5 aromatic rings. The van der Waals surface area contributed by atoms with Gasteiger partial charge in [-0.15, -0.1) is 0 Å². The monoisotopic (exact) mass is 472 g/mol. The van der Waals surface area contributed by atoms with E-state index in [1.54, 1.807) is 12.3 Å². The Labute approximate surface area is 208 Å². The van der Waals surface area contributed by atoms with E-state index in [0.29, 0.717) is 12.3 Å². The summed E-state index contributed by atoms with van der Waals surface area (Å²) in [5.41, 5.74) is 9.35. The second-order valence-electron chi connectivity index (χ2n) is 8.82. The highest BCUT2D eigenvalue weighted by Crippen LogP contribution is 2.36. The van der Waals surface area contributed by atoms with Gasteiger partial charge in [0.2, 0.25) is 0 Å². The highest BCUT2D eigenvalue weighted by Gasteiger charge is 2.18. The number of aromatic amines is 1. The molecular weight excluding hydrogens is 448 g/mol. The van der Waals surface area contributed by atoms with Crippen LogP contribution in [-0.2, 0) is 19.4 Å². The number of carbonyl (C=O) groups is 1. The van der Waals surface area contributed by atoms with E-state index in [-0.39, 0.29) is 5.91 Å². The van der Waals surface area contributed by atoms with E-state index in [9.17, 15) is 4.79 Å². The van der Waals surface area contributed by atoms with Gasteiger partial charge in [-0.3, -0.25) is 9.89 Å². The van der Waals surface area contributed by atoms with Crippen LogP contribution in [0.1, 0.15) is 32.7 Å². The van der Waals surface area contributed by atoms with Crippen LogP contribution in [0.2, 0.25) is 0 Å². The van der Waals surface area contributed by atoms with Gasteiger partial charge in [-0.1, -0.05) is 72.8 Å². The minimum atomic E-state index is -0.354. The van der Waals surface area contributed by atoms with Crippen molar-refractivity contribution in [3.8, 4) is 17.0 Å². The van der Waals surface area contributed by atoms with Gasteiger partial charge >= 0.3 is 0 Å². The van der Waals surface area contributed by atoms with Gasteiger partial charge in [0, 0.05) is 5.56 Å². The first-order valence-corrected chi connectivity index (χ1v) is 11.9. The molecule has 2 N–H and O–H groups in total. The molecule has 1 amide bonds. The molecule has 0 atom stereocenters. The van der Waals surface area contributed by atoms with Crippen molar-refractivity contribution >= 4 is 22.9 Å². The Balaban J connectivity index is 1.12. The largest absolute Gasteiger partial charge is 0.489 e. The first-order valence-electron chi connectivity index (χ1n) is 11.9. The smallest absolute Gasteiger partial charge is 0.289 e. The lowest BCUT2D eigenvalue weighted by molar-refractivity contribution is 0.0950. The van der Waals surface area contributed by atoms with Crippen LogP contribution in [0.3, 0.4) is 0 Å². The van der Waals surface area contributed by atoms with Crippen molar-refractivity contribution in [2.24, 2.45) is 5.10 Å². The number of hydrazone groups is 1. The summed E-state index contributed by atoms with van der Waals surface area (Å²) >= 11 is 0. The van der Waals surface area contributed by atoms with E-state index in [1.165, 1.54) is 21.9 Å². The summed E-state index contributed by atoms with van der Waals surface area (Å²) in [5.74, 6) is 0.380. The molecule has 0 fully saturated rings. The van der Waals surface area contributed by atoms with Crippen molar-refractivity contribution < 1.29 is 9.53 Å². The minimum Gasteiger partial charge on any atom is -0.489 e. The van der Waals surface area contributed by atoms with Crippen molar-refractivity contribution in [3.05, 3.63) is 119 Å². The van der Waals surface area contributed by atoms with Gasteiger partial charge in [-0.05, 0) is 64.1 Å². The minimum absolute atomic E-state index is 0.352. The molecule has 176 valence electrons. The van der Waals surface area contributed by atoms with Crippen LogP contribution in [-0.4, -0.2) is 22.3 Å². The van der Waals surface area contributed by atoms with Crippen molar-refractivity contribution in [2.75, 3.05) is 0 Å². The first kappa shape index (κ1) is 21.8. The molecule has 6 nitrogen and oxygen atoms in total. The van der Waals surface area contributed by atoms with Gasteiger partial charge in [0.15, 0.2) is 0 Å². The van der Waals surface area contributed by atoms with Gasteiger partial charge in [-0.25, -0.2) is 5.43 Å². The molecule has 0 radical (unpaired) electrons. The number of benzene rings is 4. The number of H-pyrrole nitrogens is 1. The number of carbonyl (C=O) groups excluding carboxylic acids is 1. The van der Waals surface area contributed by atoms with Gasteiger partial charge in [-0.2, -0.15) is 10.2 Å². The fourth-order valence-electron chi connectivity index (χ4n) is 4.70. The average molecular weight is 473 g/mol. The summed E-state index contributed by atoms with van der Waals surface area (Å²) in [7, 11) is 0. The van der Waals surface area contributed by atoms with Crippen molar-refractivity contribution in [2.45, 2.75) is 19.4 Å². The standard InChI is InChI=1S/C30H24N4O2/c35-30(34-31-18-21-8-4-10-24(16-21)36-19-20-6-2-1-3-7-20)28-17-27(32-33-28)25-15-14-23-13-12-22-9-5-11-26(25)29(22)23/h1-11,14-18H,12-13,19H2,(H,32,33)(H,34,35)/b31-18-. The molecule has 1 aliphatic carbocycles. The molecule has 0 saturated heterocycles. The Bertz CT molecular complexity index is 1580. The van der Waals surface area contributed by atoms with Crippen molar-refractivity contribution in [3.63, 3.8) is 0 Å². The zero-order chi connectivity index (χ0) is 24.3. The number of hydrogen-bond acceptors (Lipinski definition) is 4. The Morgan fingerprint density at radius 3 is 2.67 bits per heavy atom. The topological polar surface area (TPSA) is 79.4 Å². The van der Waals surface area contributed by atoms with Crippen LogP contribution in [0.15, 0.2) is 96.1 Å². The maximum Gasteiger partial charge on any atom is 0.289 e. The molecule has 1 heterocycles. The SMILES string of the molecule is O=C(N/N=C\c1cccc(OCc2ccccc2)c1)c1cc(-c2ccc3c4c(cccc24)CC3)n[nH]1. The molecule has 6 rings (SSSR count). The van der Waals surface area contributed by atoms with Gasteiger partial charge < -0.3 is 4.74 Å². The number of aromatic nitrogens is 2. The van der Waals surface area contributed by atoms with Crippen LogP contribution < -0.4 is 10.2 Å². The fourth-order valence-corrected chi connectivity index (χ4v) is 4.70. The summed E-state index contributed by atoms with van der Waals surface area (Å²) in [6.45, 7) is 0.486. The number of aryl methyl sites for hydroxylation is 2. The predicted octanol–water partition coefficient (Wildman–Crippen LogP) is 5.67. The molecule has 0 spiro atoms. The summed E-state index contributed by atoms with van der Waals surface area (Å²) in [4.78, 5) is 12.7. The first-order chi connectivity index (χ1) is 17.7. The lowest BCUT2D eigenvalue weighted by Crippen LogP contribution is -2.18. The average Bonchev–Trinajstić information content (AvgIpc) is 3.58. The van der Waals surface area contributed by atoms with E-state index in [4.69, 9.17) is 4.74 Å². The number of hydrogen-bond donors (Lipinski definition) is 2. The van der Waals surface area contributed by atoms with Crippen LogP contribution in [0.5, 0.6) is 5.75 Å². The van der Waals surface area contributed by atoms with Gasteiger partial charge in [0.25, 0.3) is 5.91 Å². The molecule has 1 aliphatic rings. The van der Waals surface area contributed by atoms with Crippen molar-refractivity contribution in [1.29, 1.82) is 0 Å². The number of nitrogens with zero attached hydrogens (tertiary/aromatic N) is 2. The van der Waals surface area contributed by atoms with E-state index < -0.39 is 0 Å². The van der Waals surface area contributed by atoms with Crippen LogP contribution >= 0.6 is 0 Å². The number of amides is 1. The number of nitrogens with one attached hydrogen (secondary N) is 2. The third-order valence-corrected chi connectivity index (χ3v) is 6.46. The molecule has 0 bridgehead atoms. The summed E-state index contributed by atoms with van der Waals surface area (Å²) in [6, 6.07) is 30.0. The molecule has 0 unspecified atom stereocenters. The molecule has 36 heavy (non-hydrogen) atoms. The number of ether oxygens (including phenoxy) is 1. The Morgan fingerprint density at radius 2 is 1.78 bits per heavy atom. The summed E-state index contributed by atoms with van der Waals surface area (Å²) < 4.78 is 5.86. The molecule has 4 aromatic carbocycles. The zero-order valence-corrected chi connectivity index (χ0v) is 19.6. The lowest BCUT2D eigenvalue weighted by Gasteiger charge is -2.06. The highest BCUT2D eigenvalue weighted by atomic mass is 16.5. The Morgan fingerprint density at radius 1 is 0.944 bits per heavy atom. The fraction of sp³-hybridized carbons (Fsp3) is 0.100. The van der Waals surface area contributed by atoms with E-state index in [1.807, 2.05) is 54.6 Å². The van der Waals surface area contributed by atoms with Crippen LogP contribution in [0.25, 0.3) is 22.0 Å². The van der Waals surface area contributed by atoms with E-state index in [0.717, 1.165) is 41.0 Å². The van der Waals surface area contributed by atoms with Crippen molar-refractivity contribution in [1.82, 2.24) is 15.6 Å². The van der Waals surface area contributed by atoms with Gasteiger partial charge in [0.05, 0.1) is 11.9 Å². The molecule has 1 aromatic heterocycles. The van der Waals surface area contributed by atoms with E-state index in [2.05, 4.69) is 51.1 Å². The lowest BCUT2D eigenvalue weighted by atomic mass is 9.98. The second-order valence-corrected chi connectivity index (χ2v) is 8.82. The predicted molar refractivity (Wildman–Crippen MR) is 141 cm³/mol. The Kier molecular flexibility index (Phi) is 5.75. The zero-order valence-electron chi connectivity index (χ0n) is 19.6. The molecule has 0 aliphatic heterocycles.